The summed E-state index contributed by atoms with van der Waals surface area (Å²) in [6.45, 7) is 2.96. The topological polar surface area (TPSA) is 23.5 Å². The lowest BCUT2D eigenvalue weighted by atomic mass is 10.3. The molecule has 13 heavy (non-hydrogen) atoms. The molecule has 1 rings (SSSR count). The van der Waals surface area contributed by atoms with E-state index in [1.165, 1.54) is 10.6 Å². The number of allylic oxidation sites excluding steroid dienone is 1. The van der Waals surface area contributed by atoms with Crippen molar-refractivity contribution in [3.05, 3.63) is 10.6 Å². The predicted molar refractivity (Wildman–Crippen MR) is 62.7 cm³/mol. The highest BCUT2D eigenvalue weighted by Crippen LogP contribution is 2.33. The maximum Gasteiger partial charge on any atom is 0.0797 e. The number of rotatable bonds is 3. The number of aliphatic hydroxyl groups excluding tert-OH is 1. The van der Waals surface area contributed by atoms with Gasteiger partial charge in [-0.2, -0.15) is 0 Å². The van der Waals surface area contributed by atoms with Gasteiger partial charge in [0.1, 0.15) is 0 Å². The molecule has 2 nitrogen and oxygen atoms in total. The molecule has 0 atom stereocenters. The summed E-state index contributed by atoms with van der Waals surface area (Å²) in [5.41, 5.74) is 1.23. The van der Waals surface area contributed by atoms with Crippen LogP contribution in [0.15, 0.2) is 10.6 Å². The van der Waals surface area contributed by atoms with E-state index in [0.717, 1.165) is 12.3 Å². The average Bonchev–Trinajstić information content (AvgIpc) is 2.38. The van der Waals surface area contributed by atoms with E-state index in [4.69, 9.17) is 11.5 Å². The van der Waals surface area contributed by atoms with E-state index < -0.39 is 0 Å². The van der Waals surface area contributed by atoms with Gasteiger partial charge in [0.25, 0.3) is 0 Å². The van der Waals surface area contributed by atoms with Crippen LogP contribution in [-0.4, -0.2) is 29.0 Å². The van der Waals surface area contributed by atoms with Gasteiger partial charge in [0.05, 0.1) is 12.4 Å². The predicted octanol–water partition coefficient (Wildman–Crippen LogP) is 1.82. The van der Waals surface area contributed by atoms with Crippen LogP contribution in [0.25, 0.3) is 0 Å². The van der Waals surface area contributed by atoms with Crippen molar-refractivity contribution in [2.24, 2.45) is 0 Å². The first kappa shape index (κ1) is 12.9. The normalized spacial score (nSPS) is 15.6. The van der Waals surface area contributed by atoms with Gasteiger partial charge in [0.2, 0.25) is 0 Å². The largest absolute Gasteiger partial charge is 0.396 e. The van der Waals surface area contributed by atoms with E-state index >= 15 is 0 Å². The van der Waals surface area contributed by atoms with Gasteiger partial charge < -0.3 is 10.0 Å². The number of nitrogens with zero attached hydrogens (tertiary/aromatic N) is 1. The number of terminal acetylenes is 1. The molecule has 0 aliphatic carbocycles. The lowest BCUT2D eigenvalue weighted by Gasteiger charge is -2.14. The third-order valence-electron chi connectivity index (χ3n) is 1.89. The fourth-order valence-corrected chi connectivity index (χ4v) is 2.33. The SMILES string of the molecule is Br.C#CCN1CSC(CCO)=C1C. The minimum Gasteiger partial charge on any atom is -0.396 e. The Morgan fingerprint density at radius 2 is 2.38 bits per heavy atom. The van der Waals surface area contributed by atoms with Crippen molar-refractivity contribution in [1.29, 1.82) is 0 Å². The van der Waals surface area contributed by atoms with Crippen LogP contribution >= 0.6 is 28.7 Å². The molecule has 1 heterocycles. The zero-order valence-corrected chi connectivity index (χ0v) is 10.1. The molecule has 0 aromatic rings. The van der Waals surface area contributed by atoms with E-state index in [0.29, 0.717) is 6.54 Å². The molecule has 0 radical (unpaired) electrons. The second-order valence-electron chi connectivity index (χ2n) is 2.66. The molecule has 1 N–H and O–H groups in total. The van der Waals surface area contributed by atoms with E-state index in [-0.39, 0.29) is 23.6 Å². The molecule has 0 bridgehead atoms. The summed E-state index contributed by atoms with van der Waals surface area (Å²) in [4.78, 5) is 3.42. The number of thioether (sulfide) groups is 1. The van der Waals surface area contributed by atoms with Crippen molar-refractivity contribution in [2.75, 3.05) is 19.0 Å². The number of hydrogen-bond acceptors (Lipinski definition) is 3. The maximum absolute atomic E-state index is 8.75. The van der Waals surface area contributed by atoms with Gasteiger partial charge in [-0.05, 0) is 6.92 Å². The first-order valence-corrected chi connectivity index (χ1v) is 4.90. The van der Waals surface area contributed by atoms with Crippen molar-refractivity contribution in [1.82, 2.24) is 4.90 Å². The standard InChI is InChI=1S/C9H13NOS.BrH/c1-3-5-10-7-12-9(4-6-11)8(10)2;/h1,11H,4-7H2,2H3;1H. The highest BCUT2D eigenvalue weighted by molar-refractivity contribution is 8.93. The third-order valence-corrected chi connectivity index (χ3v) is 3.18. The fourth-order valence-electron chi connectivity index (χ4n) is 1.16. The Bertz CT molecular complexity index is 234. The fraction of sp³-hybridized carbons (Fsp3) is 0.556. The van der Waals surface area contributed by atoms with Gasteiger partial charge in [-0.25, -0.2) is 0 Å². The summed E-state index contributed by atoms with van der Waals surface area (Å²) in [6, 6.07) is 0. The van der Waals surface area contributed by atoms with Crippen LogP contribution in [0.3, 0.4) is 0 Å². The molecule has 74 valence electrons. The Kier molecular flexibility index (Phi) is 6.31. The maximum atomic E-state index is 8.75. The Morgan fingerprint density at radius 3 is 2.92 bits per heavy atom. The van der Waals surface area contributed by atoms with Crippen molar-refractivity contribution in [3.63, 3.8) is 0 Å². The molecule has 4 heteroatoms. The van der Waals surface area contributed by atoms with Crippen LogP contribution in [0.4, 0.5) is 0 Å². The first-order chi connectivity index (χ1) is 5.79. The van der Waals surface area contributed by atoms with E-state index in [1.54, 1.807) is 11.8 Å². The lowest BCUT2D eigenvalue weighted by Crippen LogP contribution is -2.17. The Morgan fingerprint density at radius 1 is 1.69 bits per heavy atom. The van der Waals surface area contributed by atoms with Crippen molar-refractivity contribution < 1.29 is 5.11 Å². The molecule has 1 aliphatic heterocycles. The zero-order chi connectivity index (χ0) is 8.97. The summed E-state index contributed by atoms with van der Waals surface area (Å²) in [5.74, 6) is 3.55. The summed E-state index contributed by atoms with van der Waals surface area (Å²) >= 11 is 1.77. The summed E-state index contributed by atoms with van der Waals surface area (Å²) in [6.07, 6.45) is 5.98. The molecular weight excluding hydrogens is 250 g/mol. The molecule has 1 aliphatic rings. The van der Waals surface area contributed by atoms with Crippen molar-refractivity contribution >= 4 is 28.7 Å². The van der Waals surface area contributed by atoms with Gasteiger partial charge in [-0.15, -0.1) is 35.2 Å². The molecule has 0 spiro atoms. The smallest absolute Gasteiger partial charge is 0.0797 e. The Balaban J connectivity index is 0.00000144. The molecule has 0 aromatic carbocycles. The van der Waals surface area contributed by atoms with Crippen LogP contribution in [0, 0.1) is 12.3 Å². The molecule has 0 amide bonds. The summed E-state index contributed by atoms with van der Waals surface area (Å²) in [7, 11) is 0. The monoisotopic (exact) mass is 263 g/mol. The van der Waals surface area contributed by atoms with Gasteiger partial charge in [-0.3, -0.25) is 0 Å². The zero-order valence-electron chi connectivity index (χ0n) is 7.62. The van der Waals surface area contributed by atoms with E-state index in [9.17, 15) is 0 Å². The second-order valence-corrected chi connectivity index (χ2v) is 3.70. The molecule has 0 saturated heterocycles. The quantitative estimate of drug-likeness (QED) is 0.786. The minimum atomic E-state index is 0. The van der Waals surface area contributed by atoms with Crippen LogP contribution in [-0.2, 0) is 0 Å². The molecule has 0 aromatic heterocycles. The van der Waals surface area contributed by atoms with Gasteiger partial charge >= 0.3 is 0 Å². The van der Waals surface area contributed by atoms with Gasteiger partial charge in [0, 0.05) is 23.6 Å². The Hall–Kier alpha value is -0.110. The molecular formula is C9H14BrNOS. The number of aliphatic hydroxyl groups is 1. The van der Waals surface area contributed by atoms with Crippen LogP contribution in [0.5, 0.6) is 0 Å². The summed E-state index contributed by atoms with van der Waals surface area (Å²) in [5, 5.41) is 8.75. The lowest BCUT2D eigenvalue weighted by molar-refractivity contribution is 0.300. The molecule has 0 unspecified atom stereocenters. The minimum absolute atomic E-state index is 0. The highest BCUT2D eigenvalue weighted by Gasteiger charge is 2.17. The van der Waals surface area contributed by atoms with Gasteiger partial charge in [0.15, 0.2) is 0 Å². The van der Waals surface area contributed by atoms with E-state index in [1.807, 2.05) is 0 Å². The number of hydrogen-bond donors (Lipinski definition) is 1. The Labute approximate surface area is 94.2 Å². The third kappa shape index (κ3) is 3.26. The average molecular weight is 264 g/mol. The van der Waals surface area contributed by atoms with Crippen molar-refractivity contribution in [2.45, 2.75) is 13.3 Å². The second kappa shape index (κ2) is 6.36. The molecule has 0 fully saturated rings. The first-order valence-electron chi connectivity index (χ1n) is 3.91. The highest BCUT2D eigenvalue weighted by atomic mass is 79.9. The summed E-state index contributed by atoms with van der Waals surface area (Å²) < 4.78 is 0. The van der Waals surface area contributed by atoms with E-state index in [2.05, 4.69) is 17.7 Å². The van der Waals surface area contributed by atoms with Crippen LogP contribution in [0.1, 0.15) is 13.3 Å². The molecule has 0 saturated carbocycles. The van der Waals surface area contributed by atoms with Crippen LogP contribution in [0.2, 0.25) is 0 Å². The van der Waals surface area contributed by atoms with Gasteiger partial charge in [-0.1, -0.05) is 5.92 Å². The number of halogens is 1. The van der Waals surface area contributed by atoms with Crippen molar-refractivity contribution in [3.8, 4) is 12.3 Å². The van der Waals surface area contributed by atoms with Crippen LogP contribution < -0.4 is 0 Å².